The summed E-state index contributed by atoms with van der Waals surface area (Å²) in [4.78, 5) is 14.5. The van der Waals surface area contributed by atoms with Crippen molar-refractivity contribution < 1.29 is 13.2 Å². The lowest BCUT2D eigenvalue weighted by Gasteiger charge is -2.29. The number of primary sulfonamides is 1. The van der Waals surface area contributed by atoms with E-state index in [1.165, 1.54) is 18.2 Å². The molecule has 0 spiro atoms. The molecule has 0 saturated heterocycles. The summed E-state index contributed by atoms with van der Waals surface area (Å²) in [6, 6.07) is 12.0. The molecule has 0 saturated carbocycles. The normalized spacial score (nSPS) is 14.4. The Morgan fingerprint density at radius 2 is 1.91 bits per heavy atom. The number of fused-ring (bicyclic) bond motifs is 1. The van der Waals surface area contributed by atoms with E-state index in [-0.39, 0.29) is 16.4 Å². The average molecular weight is 395 g/mol. The summed E-state index contributed by atoms with van der Waals surface area (Å²) in [6.07, 6.45) is 1.80. The van der Waals surface area contributed by atoms with Gasteiger partial charge in [-0.15, -0.1) is 0 Å². The van der Waals surface area contributed by atoms with Crippen molar-refractivity contribution in [3.63, 3.8) is 0 Å². The number of hydrogen-bond acceptors (Lipinski definition) is 3. The zero-order valence-corrected chi connectivity index (χ0v) is 14.6. The van der Waals surface area contributed by atoms with Crippen molar-refractivity contribution >= 4 is 37.5 Å². The fourth-order valence-corrected chi connectivity index (χ4v) is 3.69. The third-order valence-electron chi connectivity index (χ3n) is 3.85. The third-order valence-corrected chi connectivity index (χ3v) is 5.45. The number of anilines is 1. The summed E-state index contributed by atoms with van der Waals surface area (Å²) < 4.78 is 23.6. The van der Waals surface area contributed by atoms with Gasteiger partial charge >= 0.3 is 0 Å². The van der Waals surface area contributed by atoms with Crippen LogP contribution in [0, 0.1) is 0 Å². The molecular weight excluding hydrogens is 380 g/mol. The van der Waals surface area contributed by atoms with Crippen LogP contribution >= 0.6 is 15.9 Å². The Morgan fingerprint density at radius 3 is 2.65 bits per heavy atom. The minimum atomic E-state index is -3.86. The number of sulfonamides is 1. The van der Waals surface area contributed by atoms with Crippen molar-refractivity contribution in [2.24, 2.45) is 5.14 Å². The van der Waals surface area contributed by atoms with E-state index in [1.54, 1.807) is 4.90 Å². The molecule has 120 valence electrons. The van der Waals surface area contributed by atoms with Crippen LogP contribution in [0.5, 0.6) is 0 Å². The van der Waals surface area contributed by atoms with Crippen LogP contribution in [0.3, 0.4) is 0 Å². The van der Waals surface area contributed by atoms with Crippen LogP contribution in [0.2, 0.25) is 0 Å². The Hall–Kier alpha value is -1.70. The van der Waals surface area contributed by atoms with Crippen LogP contribution < -0.4 is 10.0 Å². The Kier molecular flexibility index (Phi) is 4.27. The van der Waals surface area contributed by atoms with E-state index in [9.17, 15) is 13.2 Å². The highest BCUT2D eigenvalue weighted by Crippen LogP contribution is 2.30. The molecule has 2 aromatic rings. The van der Waals surface area contributed by atoms with Crippen molar-refractivity contribution in [3.05, 3.63) is 58.1 Å². The topological polar surface area (TPSA) is 80.5 Å². The van der Waals surface area contributed by atoms with Gasteiger partial charge in [-0.05, 0) is 58.6 Å². The molecule has 1 aliphatic heterocycles. The van der Waals surface area contributed by atoms with Crippen LogP contribution in [0.4, 0.5) is 5.69 Å². The molecule has 1 amide bonds. The minimum Gasteiger partial charge on any atom is -0.308 e. The number of benzene rings is 2. The Bertz CT molecular complexity index is 881. The largest absolute Gasteiger partial charge is 0.308 e. The van der Waals surface area contributed by atoms with E-state index in [4.69, 9.17) is 5.14 Å². The van der Waals surface area contributed by atoms with Gasteiger partial charge in [-0.1, -0.05) is 18.2 Å². The van der Waals surface area contributed by atoms with Crippen molar-refractivity contribution in [2.75, 3.05) is 11.4 Å². The highest BCUT2D eigenvalue weighted by atomic mass is 79.9. The number of aryl methyl sites for hydroxylation is 1. The van der Waals surface area contributed by atoms with Crippen molar-refractivity contribution in [2.45, 2.75) is 17.7 Å². The molecule has 1 aliphatic rings. The number of nitrogens with two attached hydrogens (primary N) is 1. The van der Waals surface area contributed by atoms with Crippen molar-refractivity contribution in [3.8, 4) is 0 Å². The number of carbonyl (C=O) groups is 1. The van der Waals surface area contributed by atoms with Crippen LogP contribution in [-0.4, -0.2) is 20.9 Å². The van der Waals surface area contributed by atoms with E-state index in [0.717, 1.165) is 24.1 Å². The maximum Gasteiger partial charge on any atom is 0.259 e. The van der Waals surface area contributed by atoms with Gasteiger partial charge in [0.25, 0.3) is 5.91 Å². The molecule has 0 unspecified atom stereocenters. The molecule has 23 heavy (non-hydrogen) atoms. The zero-order valence-electron chi connectivity index (χ0n) is 12.2. The summed E-state index contributed by atoms with van der Waals surface area (Å²) in [7, 11) is -3.86. The van der Waals surface area contributed by atoms with Gasteiger partial charge in [0.1, 0.15) is 0 Å². The second-order valence-electron chi connectivity index (χ2n) is 5.38. The molecule has 5 nitrogen and oxygen atoms in total. The minimum absolute atomic E-state index is 0.0747. The average Bonchev–Trinajstić information content (AvgIpc) is 2.53. The number of halogens is 1. The maximum atomic E-state index is 12.9. The fraction of sp³-hybridized carbons (Fsp3) is 0.188. The first-order valence-corrected chi connectivity index (χ1v) is 9.44. The Labute approximate surface area is 143 Å². The molecule has 1 heterocycles. The van der Waals surface area contributed by atoms with Crippen LogP contribution in [0.1, 0.15) is 22.3 Å². The highest BCUT2D eigenvalue weighted by molar-refractivity contribution is 9.10. The quantitative estimate of drug-likeness (QED) is 0.849. The summed E-state index contributed by atoms with van der Waals surface area (Å²) in [5.74, 6) is -0.241. The summed E-state index contributed by atoms with van der Waals surface area (Å²) in [6.45, 7) is 0.599. The number of para-hydroxylation sites is 1. The highest BCUT2D eigenvalue weighted by Gasteiger charge is 2.25. The molecule has 3 rings (SSSR count). The molecule has 0 aliphatic carbocycles. The van der Waals surface area contributed by atoms with Gasteiger partial charge in [-0.2, -0.15) is 0 Å². The lowest BCUT2D eigenvalue weighted by Crippen LogP contribution is -2.35. The van der Waals surface area contributed by atoms with E-state index >= 15 is 0 Å². The molecule has 0 atom stereocenters. The number of hydrogen-bond donors (Lipinski definition) is 1. The monoisotopic (exact) mass is 394 g/mol. The van der Waals surface area contributed by atoms with Gasteiger partial charge in [-0.3, -0.25) is 4.79 Å². The summed E-state index contributed by atoms with van der Waals surface area (Å²) >= 11 is 3.32. The fourth-order valence-electron chi connectivity index (χ4n) is 2.74. The number of amides is 1. The molecule has 0 bridgehead atoms. The van der Waals surface area contributed by atoms with E-state index < -0.39 is 10.0 Å². The van der Waals surface area contributed by atoms with Crippen LogP contribution in [-0.2, 0) is 16.4 Å². The van der Waals surface area contributed by atoms with Crippen molar-refractivity contribution in [1.82, 2.24) is 0 Å². The van der Waals surface area contributed by atoms with Gasteiger partial charge in [0.05, 0.1) is 10.5 Å². The second kappa shape index (κ2) is 6.07. The standard InChI is InChI=1S/C16H15BrN2O3S/c17-14-8-7-12(23(18,21)22)10-13(14)16(20)19-9-3-5-11-4-1-2-6-15(11)19/h1-2,4,6-8,10H,3,5,9H2,(H2,18,21,22). The first-order chi connectivity index (χ1) is 10.9. The number of nitrogens with zero attached hydrogens (tertiary/aromatic N) is 1. The molecular formula is C16H15BrN2O3S. The van der Waals surface area contributed by atoms with E-state index in [1.807, 2.05) is 24.3 Å². The SMILES string of the molecule is NS(=O)(=O)c1ccc(Br)c(C(=O)N2CCCc3ccccc32)c1. The molecule has 0 fully saturated rings. The van der Waals surface area contributed by atoms with E-state index in [0.29, 0.717) is 11.0 Å². The van der Waals surface area contributed by atoms with Gasteiger partial charge < -0.3 is 4.90 Å². The van der Waals surface area contributed by atoms with Crippen molar-refractivity contribution in [1.29, 1.82) is 0 Å². The predicted octanol–water partition coefficient (Wildman–Crippen LogP) is 2.69. The molecule has 7 heteroatoms. The van der Waals surface area contributed by atoms with Crippen LogP contribution in [0.15, 0.2) is 51.8 Å². The lowest BCUT2D eigenvalue weighted by molar-refractivity contribution is 0.0984. The molecule has 0 radical (unpaired) electrons. The smallest absolute Gasteiger partial charge is 0.259 e. The molecule has 2 aromatic carbocycles. The first-order valence-electron chi connectivity index (χ1n) is 7.10. The van der Waals surface area contributed by atoms with Gasteiger partial charge in [0, 0.05) is 16.7 Å². The molecule has 0 aromatic heterocycles. The zero-order chi connectivity index (χ0) is 16.6. The Balaban J connectivity index is 2.05. The van der Waals surface area contributed by atoms with Gasteiger partial charge in [0.15, 0.2) is 0 Å². The van der Waals surface area contributed by atoms with Gasteiger partial charge in [-0.25, -0.2) is 13.6 Å². The first kappa shape index (κ1) is 16.2. The maximum absolute atomic E-state index is 12.9. The van der Waals surface area contributed by atoms with Crippen LogP contribution in [0.25, 0.3) is 0 Å². The number of carbonyl (C=O) groups excluding carboxylic acids is 1. The third kappa shape index (κ3) is 3.17. The van der Waals surface area contributed by atoms with E-state index in [2.05, 4.69) is 15.9 Å². The summed E-state index contributed by atoms with van der Waals surface area (Å²) in [5, 5.41) is 5.16. The van der Waals surface area contributed by atoms with Gasteiger partial charge in [0.2, 0.25) is 10.0 Å². The second-order valence-corrected chi connectivity index (χ2v) is 7.79. The lowest BCUT2D eigenvalue weighted by atomic mass is 10.0. The predicted molar refractivity (Wildman–Crippen MR) is 92.0 cm³/mol. The number of rotatable bonds is 2. The Morgan fingerprint density at radius 1 is 1.17 bits per heavy atom. The summed E-state index contributed by atoms with van der Waals surface area (Å²) in [5.41, 5.74) is 2.27. The molecule has 2 N–H and O–H groups in total.